The first-order chi connectivity index (χ1) is 15.5. The quantitative estimate of drug-likeness (QED) is 0.326. The van der Waals surface area contributed by atoms with Crippen LogP contribution in [0.3, 0.4) is 0 Å². The Morgan fingerprint density at radius 2 is 0.688 bits per heavy atom. The lowest BCUT2D eigenvalue weighted by atomic mass is 10.3. The van der Waals surface area contributed by atoms with Crippen LogP contribution >= 0.6 is 7.82 Å². The lowest BCUT2D eigenvalue weighted by Gasteiger charge is -2.19. The maximum Gasteiger partial charge on any atom is 0.647 e. The zero-order chi connectivity index (χ0) is 22.8. The molecule has 0 saturated carbocycles. The van der Waals surface area contributed by atoms with Gasteiger partial charge in [0.15, 0.2) is 0 Å². The van der Waals surface area contributed by atoms with Crippen molar-refractivity contribution in [3.8, 4) is 53.3 Å². The van der Waals surface area contributed by atoms with E-state index in [1.165, 1.54) is 91.6 Å². The summed E-state index contributed by atoms with van der Waals surface area (Å²) in [5.41, 5.74) is 0. The molecule has 10 nitrogen and oxygen atoms in total. The lowest BCUT2D eigenvalue weighted by molar-refractivity contribution is 0.298. The van der Waals surface area contributed by atoms with E-state index in [-0.39, 0.29) is 34.5 Å². The van der Waals surface area contributed by atoms with Gasteiger partial charge in [0, 0.05) is 0 Å². The fourth-order valence-electron chi connectivity index (χ4n) is 2.31. The van der Waals surface area contributed by atoms with Gasteiger partial charge in [-0.2, -0.15) is 4.57 Å². The second-order valence-corrected chi connectivity index (χ2v) is 7.16. The summed E-state index contributed by atoms with van der Waals surface area (Å²) in [6, 6.07) is 17.1. The Labute approximate surface area is 182 Å². The van der Waals surface area contributed by atoms with Crippen LogP contribution in [0, 0.1) is 34.6 Å². The molecular weight excluding hydrogens is 437 g/mol. The second-order valence-electron chi connectivity index (χ2n) is 5.72. The molecule has 0 aliphatic rings. The Balaban J connectivity index is 1.85. The fourth-order valence-corrected chi connectivity index (χ4v) is 3.56. The number of phosphoric acid groups is 1. The molecule has 0 amide bonds. The van der Waals surface area contributed by atoms with Gasteiger partial charge in [0.1, 0.15) is 34.5 Å². The molecule has 0 spiro atoms. The number of rotatable bonds is 9. The summed E-state index contributed by atoms with van der Waals surface area (Å²) in [6.07, 6.45) is 4.62. The average molecular weight is 449 g/mol. The van der Waals surface area contributed by atoms with E-state index in [4.69, 9.17) is 43.6 Å². The molecule has 0 atom stereocenters. The van der Waals surface area contributed by atoms with Gasteiger partial charge in [-0.05, 0) is 72.8 Å². The van der Waals surface area contributed by atoms with E-state index in [1.54, 1.807) is 0 Å². The standard InChI is InChI=1S/C21H12N3O7P/c22-13-26-16-1-7-19(8-2-16)29-32(25,30-20-9-3-17(4-10-20)27-14-23)31-21-11-5-18(6-12-21)28-15-24/h1-12H. The van der Waals surface area contributed by atoms with Crippen LogP contribution in [0.1, 0.15) is 0 Å². The molecule has 0 radical (unpaired) electrons. The van der Waals surface area contributed by atoms with Gasteiger partial charge >= 0.3 is 7.82 Å². The summed E-state index contributed by atoms with van der Waals surface area (Å²) in [5, 5.41) is 25.7. The second kappa shape index (κ2) is 10.3. The predicted octanol–water partition coefficient (Wildman–Crippen LogP) is 4.91. The number of nitriles is 3. The molecule has 0 aromatic heterocycles. The van der Waals surface area contributed by atoms with E-state index >= 15 is 0 Å². The molecule has 0 fully saturated rings. The monoisotopic (exact) mass is 449 g/mol. The van der Waals surface area contributed by atoms with E-state index in [2.05, 4.69) is 0 Å². The molecule has 11 heteroatoms. The highest BCUT2D eigenvalue weighted by molar-refractivity contribution is 7.49. The largest absolute Gasteiger partial charge is 0.647 e. The van der Waals surface area contributed by atoms with Crippen molar-refractivity contribution in [1.29, 1.82) is 15.8 Å². The first kappa shape index (κ1) is 21.9. The third-order valence-electron chi connectivity index (χ3n) is 3.61. The summed E-state index contributed by atoms with van der Waals surface area (Å²) in [4.78, 5) is 0. The maximum atomic E-state index is 13.4. The Bertz CT molecular complexity index is 1070. The third-order valence-corrected chi connectivity index (χ3v) is 4.92. The van der Waals surface area contributed by atoms with Crippen molar-refractivity contribution in [3.63, 3.8) is 0 Å². The van der Waals surface area contributed by atoms with Crippen molar-refractivity contribution < 1.29 is 32.3 Å². The number of ether oxygens (including phenoxy) is 3. The number of nitrogens with zero attached hydrogens (tertiary/aromatic N) is 3. The van der Waals surface area contributed by atoms with Gasteiger partial charge in [-0.1, -0.05) is 0 Å². The van der Waals surface area contributed by atoms with Crippen LogP contribution < -0.4 is 27.8 Å². The Morgan fingerprint density at radius 3 is 0.906 bits per heavy atom. The third kappa shape index (κ3) is 6.08. The molecule has 3 aromatic rings. The van der Waals surface area contributed by atoms with Gasteiger partial charge in [-0.3, -0.25) is 0 Å². The number of hydrogen-bond acceptors (Lipinski definition) is 10. The van der Waals surface area contributed by atoms with Crippen LogP contribution in [-0.2, 0) is 4.57 Å². The van der Waals surface area contributed by atoms with Crippen LogP contribution in [0.5, 0.6) is 34.5 Å². The van der Waals surface area contributed by atoms with Crippen molar-refractivity contribution in [2.24, 2.45) is 0 Å². The van der Waals surface area contributed by atoms with Crippen molar-refractivity contribution in [2.45, 2.75) is 0 Å². The van der Waals surface area contributed by atoms with Crippen LogP contribution in [0.2, 0.25) is 0 Å². The Kier molecular flexibility index (Phi) is 7.01. The molecule has 0 saturated heterocycles. The van der Waals surface area contributed by atoms with Gasteiger partial charge < -0.3 is 27.8 Å². The molecule has 3 aromatic carbocycles. The SMILES string of the molecule is N#COc1ccc(OP(=O)(Oc2ccc(OC#N)cc2)Oc2ccc(OC#N)cc2)cc1. The minimum absolute atomic E-state index is 0.118. The van der Waals surface area contributed by atoms with E-state index in [1.807, 2.05) is 0 Å². The van der Waals surface area contributed by atoms with Gasteiger partial charge in [0.2, 0.25) is 0 Å². The summed E-state index contributed by atoms with van der Waals surface area (Å²) in [6.45, 7) is 0. The zero-order valence-corrected chi connectivity index (χ0v) is 17.0. The minimum Gasteiger partial charge on any atom is -0.388 e. The summed E-state index contributed by atoms with van der Waals surface area (Å²) >= 11 is 0. The predicted molar refractivity (Wildman–Crippen MR) is 108 cm³/mol. The molecule has 0 aliphatic heterocycles. The molecule has 32 heavy (non-hydrogen) atoms. The minimum atomic E-state index is -4.29. The molecular formula is C21H12N3O7P. The average Bonchev–Trinajstić information content (AvgIpc) is 2.78. The highest BCUT2D eigenvalue weighted by Crippen LogP contribution is 2.50. The van der Waals surface area contributed by atoms with Crippen LogP contribution in [-0.4, -0.2) is 0 Å². The van der Waals surface area contributed by atoms with Crippen LogP contribution in [0.15, 0.2) is 72.8 Å². The van der Waals surface area contributed by atoms with Crippen molar-refractivity contribution in [1.82, 2.24) is 0 Å². The molecule has 0 aliphatic carbocycles. The Hall–Kier alpha value is -4.84. The molecule has 0 N–H and O–H groups in total. The summed E-state index contributed by atoms with van der Waals surface area (Å²) in [7, 11) is -4.29. The maximum absolute atomic E-state index is 13.4. The van der Waals surface area contributed by atoms with Crippen molar-refractivity contribution in [2.75, 3.05) is 0 Å². The van der Waals surface area contributed by atoms with Gasteiger partial charge in [0.05, 0.1) is 0 Å². The number of benzene rings is 3. The lowest BCUT2D eigenvalue weighted by Crippen LogP contribution is -2.07. The van der Waals surface area contributed by atoms with E-state index < -0.39 is 7.82 Å². The summed E-state index contributed by atoms with van der Waals surface area (Å²) < 4.78 is 44.0. The first-order valence-corrected chi connectivity index (χ1v) is 10.2. The fraction of sp³-hybridized carbons (Fsp3) is 0. The van der Waals surface area contributed by atoms with Gasteiger partial charge in [-0.25, -0.2) is 0 Å². The van der Waals surface area contributed by atoms with Crippen molar-refractivity contribution in [3.05, 3.63) is 72.8 Å². The highest BCUT2D eigenvalue weighted by atomic mass is 31.2. The number of hydrogen-bond donors (Lipinski definition) is 0. The van der Waals surface area contributed by atoms with Gasteiger partial charge in [0.25, 0.3) is 18.8 Å². The van der Waals surface area contributed by atoms with Crippen LogP contribution in [0.25, 0.3) is 0 Å². The van der Waals surface area contributed by atoms with Gasteiger partial charge in [-0.15, -0.1) is 15.8 Å². The zero-order valence-electron chi connectivity index (χ0n) is 16.1. The molecule has 0 heterocycles. The van der Waals surface area contributed by atoms with E-state index in [0.29, 0.717) is 0 Å². The topological polar surface area (TPSA) is 144 Å². The van der Waals surface area contributed by atoms with Crippen LogP contribution in [0.4, 0.5) is 0 Å². The Morgan fingerprint density at radius 1 is 0.469 bits per heavy atom. The molecule has 158 valence electrons. The van der Waals surface area contributed by atoms with E-state index in [0.717, 1.165) is 0 Å². The normalized spacial score (nSPS) is 9.91. The van der Waals surface area contributed by atoms with Crippen molar-refractivity contribution >= 4 is 7.82 Å². The number of phosphoric ester groups is 1. The summed E-state index contributed by atoms with van der Waals surface area (Å²) in [5.74, 6) is 1.14. The highest BCUT2D eigenvalue weighted by Gasteiger charge is 2.33. The molecule has 0 unspecified atom stereocenters. The molecule has 3 rings (SSSR count). The first-order valence-electron chi connectivity index (χ1n) is 8.70. The smallest absolute Gasteiger partial charge is 0.388 e. The van der Waals surface area contributed by atoms with E-state index in [9.17, 15) is 4.57 Å². The molecule has 0 bridgehead atoms.